The van der Waals surface area contributed by atoms with Crippen LogP contribution in [0.2, 0.25) is 0 Å². The van der Waals surface area contributed by atoms with Crippen LogP contribution in [0.25, 0.3) is 0 Å². The lowest BCUT2D eigenvalue weighted by molar-refractivity contribution is -0.122. The van der Waals surface area contributed by atoms with Gasteiger partial charge < -0.3 is 20.3 Å². The minimum absolute atomic E-state index is 0.0358. The highest BCUT2D eigenvalue weighted by atomic mass is 16.5. The van der Waals surface area contributed by atoms with Crippen molar-refractivity contribution >= 4 is 11.9 Å². The number of piperazine rings is 1. The Kier molecular flexibility index (Phi) is 7.53. The van der Waals surface area contributed by atoms with E-state index in [2.05, 4.69) is 15.5 Å². The summed E-state index contributed by atoms with van der Waals surface area (Å²) >= 11 is 0. The summed E-state index contributed by atoms with van der Waals surface area (Å²) in [5.41, 5.74) is 1.15. The summed E-state index contributed by atoms with van der Waals surface area (Å²) in [6.45, 7) is 8.54. The molecule has 0 bridgehead atoms. The van der Waals surface area contributed by atoms with Crippen LogP contribution in [0.4, 0.5) is 4.79 Å². The highest BCUT2D eigenvalue weighted by Crippen LogP contribution is 2.11. The van der Waals surface area contributed by atoms with Crippen LogP contribution in [-0.2, 0) is 4.79 Å². The summed E-state index contributed by atoms with van der Waals surface area (Å²) in [4.78, 5) is 27.6. The van der Waals surface area contributed by atoms with Crippen LogP contribution >= 0.6 is 0 Å². The highest BCUT2D eigenvalue weighted by molar-refractivity contribution is 5.78. The lowest BCUT2D eigenvalue weighted by Crippen LogP contribution is -2.53. The van der Waals surface area contributed by atoms with Gasteiger partial charge in [0.1, 0.15) is 12.4 Å². The summed E-state index contributed by atoms with van der Waals surface area (Å²) in [6.07, 6.45) is 0. The van der Waals surface area contributed by atoms with Crippen molar-refractivity contribution in [2.45, 2.75) is 13.8 Å². The maximum absolute atomic E-state index is 12.2. The number of benzene rings is 1. The molecule has 138 valence electrons. The van der Waals surface area contributed by atoms with Crippen LogP contribution in [0.3, 0.4) is 0 Å². The number of hydrogen-bond acceptors (Lipinski definition) is 4. The number of rotatable bonds is 7. The van der Waals surface area contributed by atoms with E-state index in [0.29, 0.717) is 52.4 Å². The summed E-state index contributed by atoms with van der Waals surface area (Å²) in [5.74, 6) is 0.849. The normalized spacial score (nSPS) is 14.9. The van der Waals surface area contributed by atoms with Gasteiger partial charge in [-0.25, -0.2) is 4.79 Å². The van der Waals surface area contributed by atoms with Gasteiger partial charge in [-0.3, -0.25) is 9.69 Å². The van der Waals surface area contributed by atoms with Crippen molar-refractivity contribution < 1.29 is 14.3 Å². The Labute approximate surface area is 149 Å². The van der Waals surface area contributed by atoms with Crippen LogP contribution in [0.15, 0.2) is 24.3 Å². The molecule has 1 aromatic rings. The zero-order valence-electron chi connectivity index (χ0n) is 15.1. The molecule has 0 aliphatic carbocycles. The van der Waals surface area contributed by atoms with E-state index in [-0.39, 0.29) is 11.9 Å². The van der Waals surface area contributed by atoms with Gasteiger partial charge in [-0.15, -0.1) is 0 Å². The number of nitrogens with one attached hydrogen (secondary N) is 2. The third-order valence-corrected chi connectivity index (χ3v) is 4.04. The molecule has 2 N–H and O–H groups in total. The second-order valence-electron chi connectivity index (χ2n) is 6.11. The van der Waals surface area contributed by atoms with Crippen molar-refractivity contribution in [2.24, 2.45) is 0 Å². The Morgan fingerprint density at radius 1 is 1.16 bits per heavy atom. The smallest absolute Gasteiger partial charge is 0.317 e. The van der Waals surface area contributed by atoms with Crippen molar-refractivity contribution in [3.63, 3.8) is 0 Å². The molecular formula is C18H28N4O3. The van der Waals surface area contributed by atoms with Crippen molar-refractivity contribution in [3.8, 4) is 5.75 Å². The minimum Gasteiger partial charge on any atom is -0.492 e. The summed E-state index contributed by atoms with van der Waals surface area (Å²) in [7, 11) is 0. The fraction of sp³-hybridized carbons (Fsp3) is 0.556. The second kappa shape index (κ2) is 9.88. The molecule has 1 heterocycles. The Morgan fingerprint density at radius 2 is 1.92 bits per heavy atom. The molecule has 1 aromatic carbocycles. The fourth-order valence-electron chi connectivity index (χ4n) is 2.71. The molecule has 2 rings (SSSR count). The van der Waals surface area contributed by atoms with Gasteiger partial charge in [0.05, 0.1) is 13.1 Å². The van der Waals surface area contributed by atoms with Crippen molar-refractivity contribution in [1.82, 2.24) is 20.4 Å². The SMILES string of the molecule is CCNC(=O)CN1CCN(C(=O)NCCOc2cccc(C)c2)CC1. The molecule has 0 atom stereocenters. The maximum atomic E-state index is 12.2. The van der Waals surface area contributed by atoms with E-state index in [1.807, 2.05) is 38.1 Å². The fourth-order valence-corrected chi connectivity index (χ4v) is 2.71. The van der Waals surface area contributed by atoms with Gasteiger partial charge in [-0.05, 0) is 31.5 Å². The van der Waals surface area contributed by atoms with Gasteiger partial charge in [-0.1, -0.05) is 12.1 Å². The van der Waals surface area contributed by atoms with Crippen LogP contribution in [0.5, 0.6) is 5.75 Å². The minimum atomic E-state index is -0.0782. The topological polar surface area (TPSA) is 73.9 Å². The molecule has 0 unspecified atom stereocenters. The van der Waals surface area contributed by atoms with E-state index in [9.17, 15) is 9.59 Å². The highest BCUT2D eigenvalue weighted by Gasteiger charge is 2.21. The molecule has 3 amide bonds. The molecule has 1 fully saturated rings. The van der Waals surface area contributed by atoms with Crippen molar-refractivity contribution in [3.05, 3.63) is 29.8 Å². The number of carbonyl (C=O) groups is 2. The Hall–Kier alpha value is -2.28. The predicted molar refractivity (Wildman–Crippen MR) is 96.8 cm³/mol. The van der Waals surface area contributed by atoms with Gasteiger partial charge in [0, 0.05) is 32.7 Å². The predicted octanol–water partition coefficient (Wildman–Crippen LogP) is 0.837. The van der Waals surface area contributed by atoms with Gasteiger partial charge in [-0.2, -0.15) is 0 Å². The van der Waals surface area contributed by atoms with Crippen molar-refractivity contribution in [1.29, 1.82) is 0 Å². The molecule has 0 aromatic heterocycles. The second-order valence-corrected chi connectivity index (χ2v) is 6.11. The molecular weight excluding hydrogens is 320 g/mol. The third-order valence-electron chi connectivity index (χ3n) is 4.04. The largest absolute Gasteiger partial charge is 0.492 e. The van der Waals surface area contributed by atoms with E-state index >= 15 is 0 Å². The number of hydrogen-bond donors (Lipinski definition) is 2. The maximum Gasteiger partial charge on any atom is 0.317 e. The average Bonchev–Trinajstić information content (AvgIpc) is 2.59. The van der Waals surface area contributed by atoms with Gasteiger partial charge in [0.2, 0.25) is 5.91 Å². The molecule has 0 radical (unpaired) electrons. The lowest BCUT2D eigenvalue weighted by Gasteiger charge is -2.34. The first-order valence-corrected chi connectivity index (χ1v) is 8.79. The Morgan fingerprint density at radius 3 is 2.60 bits per heavy atom. The van der Waals surface area contributed by atoms with Gasteiger partial charge >= 0.3 is 6.03 Å². The zero-order chi connectivity index (χ0) is 18.1. The van der Waals surface area contributed by atoms with Gasteiger partial charge in [0.15, 0.2) is 0 Å². The molecule has 1 aliphatic heterocycles. The van der Waals surface area contributed by atoms with E-state index in [4.69, 9.17) is 4.74 Å². The quantitative estimate of drug-likeness (QED) is 0.716. The standard InChI is InChI=1S/C18H28N4O3/c1-3-19-17(23)14-21-8-10-22(11-9-21)18(24)20-7-12-25-16-6-4-5-15(2)13-16/h4-6,13H,3,7-12,14H2,1-2H3,(H,19,23)(H,20,24). The lowest BCUT2D eigenvalue weighted by atomic mass is 10.2. The van der Waals surface area contributed by atoms with E-state index in [0.717, 1.165) is 11.3 Å². The van der Waals surface area contributed by atoms with Crippen LogP contribution < -0.4 is 15.4 Å². The van der Waals surface area contributed by atoms with Crippen molar-refractivity contribution in [2.75, 3.05) is 52.4 Å². The summed E-state index contributed by atoms with van der Waals surface area (Å²) in [5, 5.41) is 5.67. The number of ether oxygens (including phenoxy) is 1. The third kappa shape index (κ3) is 6.62. The molecule has 7 heteroatoms. The monoisotopic (exact) mass is 348 g/mol. The summed E-state index contributed by atoms with van der Waals surface area (Å²) in [6, 6.07) is 7.76. The first-order valence-electron chi connectivity index (χ1n) is 8.79. The summed E-state index contributed by atoms with van der Waals surface area (Å²) < 4.78 is 5.62. The Balaban J connectivity index is 1.61. The van der Waals surface area contributed by atoms with E-state index in [1.54, 1.807) is 4.90 Å². The number of urea groups is 1. The van der Waals surface area contributed by atoms with Crippen LogP contribution in [0.1, 0.15) is 12.5 Å². The van der Waals surface area contributed by atoms with E-state index < -0.39 is 0 Å². The number of aryl methyl sites for hydroxylation is 1. The molecule has 25 heavy (non-hydrogen) atoms. The number of likely N-dealkylation sites (N-methyl/N-ethyl adjacent to an activating group) is 1. The van der Waals surface area contributed by atoms with Crippen LogP contribution in [-0.4, -0.2) is 74.2 Å². The van der Waals surface area contributed by atoms with E-state index in [1.165, 1.54) is 0 Å². The molecule has 1 saturated heterocycles. The molecule has 7 nitrogen and oxygen atoms in total. The Bertz CT molecular complexity index is 571. The number of nitrogens with zero attached hydrogens (tertiary/aromatic N) is 2. The molecule has 1 aliphatic rings. The first-order chi connectivity index (χ1) is 12.1. The molecule has 0 saturated carbocycles. The molecule has 0 spiro atoms. The van der Waals surface area contributed by atoms with Crippen LogP contribution in [0, 0.1) is 6.92 Å². The van der Waals surface area contributed by atoms with Gasteiger partial charge in [0.25, 0.3) is 0 Å². The number of amides is 3. The average molecular weight is 348 g/mol. The first kappa shape index (κ1) is 19.1. The zero-order valence-corrected chi connectivity index (χ0v) is 15.1. The number of carbonyl (C=O) groups excluding carboxylic acids is 2.